The Labute approximate surface area is 147 Å². The van der Waals surface area contributed by atoms with Gasteiger partial charge in [-0.1, -0.05) is 0 Å². The Morgan fingerprint density at radius 2 is 1.54 bits per heavy atom. The van der Waals surface area contributed by atoms with E-state index < -0.39 is 75.8 Å². The van der Waals surface area contributed by atoms with Crippen LogP contribution in [0.15, 0.2) is 0 Å². The molecular formula is C12H23O13P. The molecule has 154 valence electrons. The highest BCUT2D eigenvalue weighted by Gasteiger charge is 2.52. The number of phosphoric acid groups is 1. The Morgan fingerprint density at radius 3 is 2.08 bits per heavy atom. The average Bonchev–Trinajstić information content (AvgIpc) is 2.55. The van der Waals surface area contributed by atoms with E-state index in [0.29, 0.717) is 0 Å². The molecule has 0 amide bonds. The Morgan fingerprint density at radius 1 is 0.923 bits per heavy atom. The summed E-state index contributed by atoms with van der Waals surface area (Å²) in [7, 11) is -5.16. The van der Waals surface area contributed by atoms with Crippen LogP contribution in [0.4, 0.5) is 0 Å². The van der Waals surface area contributed by atoms with Crippen LogP contribution in [0.2, 0.25) is 0 Å². The summed E-state index contributed by atoms with van der Waals surface area (Å²) in [4.78, 5) is 18.0. The third-order valence-electron chi connectivity index (χ3n) is 4.18. The van der Waals surface area contributed by atoms with E-state index in [1.807, 2.05) is 0 Å². The summed E-state index contributed by atoms with van der Waals surface area (Å²) in [6.45, 7) is 0.570. The van der Waals surface area contributed by atoms with Gasteiger partial charge in [0.05, 0.1) is 12.7 Å². The van der Waals surface area contributed by atoms with E-state index in [2.05, 4.69) is 4.52 Å². The maximum atomic E-state index is 11.2. The molecule has 0 aromatic heterocycles. The molecule has 0 spiro atoms. The van der Waals surface area contributed by atoms with E-state index in [9.17, 15) is 30.1 Å². The first kappa shape index (κ1) is 22.0. The largest absolute Gasteiger partial charge is 0.470 e. The van der Waals surface area contributed by atoms with Gasteiger partial charge in [0.2, 0.25) is 0 Å². The number of phosphoric ester groups is 1. The molecule has 0 aliphatic carbocycles. The summed E-state index contributed by atoms with van der Waals surface area (Å²) in [6, 6.07) is 0. The molecule has 0 aromatic rings. The molecule has 2 aliphatic rings. The lowest BCUT2D eigenvalue weighted by atomic mass is 9.97. The fraction of sp³-hybridized carbons (Fsp3) is 1.00. The molecule has 0 bridgehead atoms. The molecule has 26 heavy (non-hydrogen) atoms. The van der Waals surface area contributed by atoms with Crippen molar-refractivity contribution >= 4 is 7.82 Å². The lowest BCUT2D eigenvalue weighted by Crippen LogP contribution is -2.64. The SMILES string of the molecule is C[C@@H]1O[C@@H](O[C@@H]2[C@@H](OP(=O)(O)O)[C@@H](O)[C@@H](CO)O[C@H]2O)[C@H](O)[C@H](O)[C@H]1O. The van der Waals surface area contributed by atoms with Crippen molar-refractivity contribution in [2.45, 2.75) is 68.3 Å². The molecule has 2 aliphatic heterocycles. The zero-order valence-electron chi connectivity index (χ0n) is 13.5. The van der Waals surface area contributed by atoms with Crippen LogP contribution >= 0.6 is 7.82 Å². The second kappa shape index (κ2) is 8.41. The summed E-state index contributed by atoms with van der Waals surface area (Å²) < 4.78 is 30.9. The van der Waals surface area contributed by atoms with Crippen LogP contribution in [0.3, 0.4) is 0 Å². The van der Waals surface area contributed by atoms with Crippen molar-refractivity contribution in [3.8, 4) is 0 Å². The lowest BCUT2D eigenvalue weighted by Gasteiger charge is -2.45. The average molecular weight is 406 g/mol. The maximum absolute atomic E-state index is 11.2. The van der Waals surface area contributed by atoms with Crippen molar-refractivity contribution < 1.29 is 63.7 Å². The molecule has 0 unspecified atom stereocenters. The van der Waals surface area contributed by atoms with E-state index in [1.54, 1.807) is 0 Å². The maximum Gasteiger partial charge on any atom is 0.470 e. The standard InChI is InChI=1S/C12H23O13P/c1-3-5(14)7(16)8(17)12(22-3)24-10-9(25-26(19,20)21)6(15)4(2-13)23-11(10)18/h3-18H,2H2,1H3,(H2,19,20,21)/t3-,4+,5-,6-,7+,8+,9-,10+,11+,12-/m0/s1. The first-order valence-corrected chi connectivity index (χ1v) is 9.20. The first-order valence-electron chi connectivity index (χ1n) is 7.67. The third-order valence-corrected chi connectivity index (χ3v) is 4.69. The quantitative estimate of drug-likeness (QED) is 0.203. The fourth-order valence-electron chi connectivity index (χ4n) is 2.76. The number of rotatable bonds is 5. The summed E-state index contributed by atoms with van der Waals surface area (Å²) >= 11 is 0. The summed E-state index contributed by atoms with van der Waals surface area (Å²) in [5, 5.41) is 58.6. The molecular weight excluding hydrogens is 383 g/mol. The predicted molar refractivity (Wildman–Crippen MR) is 78.1 cm³/mol. The van der Waals surface area contributed by atoms with Crippen molar-refractivity contribution in [1.29, 1.82) is 0 Å². The van der Waals surface area contributed by atoms with Gasteiger partial charge in [-0.15, -0.1) is 0 Å². The van der Waals surface area contributed by atoms with Crippen LogP contribution in [0, 0.1) is 0 Å². The number of ether oxygens (including phenoxy) is 3. The summed E-state index contributed by atoms with van der Waals surface area (Å²) in [5.74, 6) is 0. The third kappa shape index (κ3) is 4.77. The minimum Gasteiger partial charge on any atom is -0.394 e. The molecule has 2 heterocycles. The number of aliphatic hydroxyl groups is 6. The summed E-state index contributed by atoms with van der Waals surface area (Å²) in [6.07, 6.45) is -16.3. The van der Waals surface area contributed by atoms with Crippen molar-refractivity contribution in [1.82, 2.24) is 0 Å². The predicted octanol–water partition coefficient (Wildman–Crippen LogP) is -4.25. The molecule has 2 fully saturated rings. The highest BCUT2D eigenvalue weighted by molar-refractivity contribution is 7.46. The van der Waals surface area contributed by atoms with Gasteiger partial charge in [0, 0.05) is 0 Å². The molecule has 0 radical (unpaired) electrons. The van der Waals surface area contributed by atoms with E-state index in [1.165, 1.54) is 6.92 Å². The van der Waals surface area contributed by atoms with E-state index in [4.69, 9.17) is 29.1 Å². The van der Waals surface area contributed by atoms with Gasteiger partial charge >= 0.3 is 7.82 Å². The zero-order chi connectivity index (χ0) is 19.8. The van der Waals surface area contributed by atoms with Crippen LogP contribution in [-0.2, 0) is 23.3 Å². The Kier molecular flexibility index (Phi) is 7.13. The monoisotopic (exact) mass is 406 g/mol. The normalized spacial score (nSPS) is 47.7. The van der Waals surface area contributed by atoms with Gasteiger partial charge in [-0.3, -0.25) is 4.52 Å². The Bertz CT molecular complexity index is 513. The minimum atomic E-state index is -5.16. The number of hydrogen-bond acceptors (Lipinski definition) is 11. The number of hydrogen-bond donors (Lipinski definition) is 8. The molecule has 14 heteroatoms. The summed E-state index contributed by atoms with van der Waals surface area (Å²) in [5.41, 5.74) is 0. The van der Waals surface area contributed by atoms with Gasteiger partial charge in [-0.2, -0.15) is 0 Å². The van der Waals surface area contributed by atoms with Gasteiger partial charge < -0.3 is 54.6 Å². The molecule has 0 saturated carbocycles. The smallest absolute Gasteiger partial charge is 0.394 e. The Hall–Kier alpha value is -0.250. The van der Waals surface area contributed by atoms with Gasteiger partial charge in [-0.05, 0) is 6.92 Å². The minimum absolute atomic E-state index is 0.795. The zero-order valence-corrected chi connectivity index (χ0v) is 14.4. The topological polar surface area (TPSA) is 216 Å². The van der Waals surface area contributed by atoms with Gasteiger partial charge in [-0.25, -0.2) is 4.57 Å². The highest BCUT2D eigenvalue weighted by Crippen LogP contribution is 2.42. The van der Waals surface area contributed by atoms with Crippen LogP contribution in [-0.4, -0.2) is 108 Å². The second-order valence-electron chi connectivity index (χ2n) is 6.08. The van der Waals surface area contributed by atoms with Crippen molar-refractivity contribution in [3.05, 3.63) is 0 Å². The van der Waals surface area contributed by atoms with Crippen LogP contribution in [0.1, 0.15) is 6.92 Å². The van der Waals surface area contributed by atoms with Crippen molar-refractivity contribution in [2.24, 2.45) is 0 Å². The fourth-order valence-corrected chi connectivity index (χ4v) is 3.32. The van der Waals surface area contributed by atoms with E-state index in [0.717, 1.165) is 0 Å². The van der Waals surface area contributed by atoms with E-state index in [-0.39, 0.29) is 0 Å². The second-order valence-corrected chi connectivity index (χ2v) is 7.27. The van der Waals surface area contributed by atoms with Gasteiger partial charge in [0.15, 0.2) is 12.6 Å². The lowest BCUT2D eigenvalue weighted by molar-refractivity contribution is -0.357. The molecule has 2 rings (SSSR count). The first-order chi connectivity index (χ1) is 12.0. The van der Waals surface area contributed by atoms with Gasteiger partial charge in [0.1, 0.15) is 42.7 Å². The van der Waals surface area contributed by atoms with Crippen LogP contribution < -0.4 is 0 Å². The highest BCUT2D eigenvalue weighted by atomic mass is 31.2. The molecule has 2 saturated heterocycles. The van der Waals surface area contributed by atoms with Crippen LogP contribution in [0.25, 0.3) is 0 Å². The molecule has 10 atom stereocenters. The molecule has 13 nitrogen and oxygen atoms in total. The number of aliphatic hydroxyl groups excluding tert-OH is 6. The molecule has 0 aromatic carbocycles. The van der Waals surface area contributed by atoms with E-state index >= 15 is 0 Å². The Balaban J connectivity index is 2.21. The molecule has 8 N–H and O–H groups in total. The van der Waals surface area contributed by atoms with Crippen molar-refractivity contribution in [3.63, 3.8) is 0 Å². The van der Waals surface area contributed by atoms with Gasteiger partial charge in [0.25, 0.3) is 0 Å². The van der Waals surface area contributed by atoms with Crippen molar-refractivity contribution in [2.75, 3.05) is 6.61 Å². The van der Waals surface area contributed by atoms with Crippen LogP contribution in [0.5, 0.6) is 0 Å².